The van der Waals surface area contributed by atoms with Gasteiger partial charge in [0.15, 0.2) is 0 Å². The van der Waals surface area contributed by atoms with Crippen molar-refractivity contribution < 1.29 is 18.4 Å². The molecule has 7 heteroatoms. The van der Waals surface area contributed by atoms with E-state index in [4.69, 9.17) is 5.21 Å². The van der Waals surface area contributed by atoms with Crippen molar-refractivity contribution in [2.45, 2.75) is 30.1 Å². The maximum absolute atomic E-state index is 13.2. The summed E-state index contributed by atoms with van der Waals surface area (Å²) >= 11 is 0. The number of nitrogens with one attached hydrogen (secondary N) is 1. The quantitative estimate of drug-likeness (QED) is 0.491. The van der Waals surface area contributed by atoms with Gasteiger partial charge in [-0.1, -0.05) is 42.5 Å². The zero-order valence-electron chi connectivity index (χ0n) is 16.5. The summed E-state index contributed by atoms with van der Waals surface area (Å²) in [5.41, 5.74) is 3.09. The molecule has 156 valence electrons. The van der Waals surface area contributed by atoms with Gasteiger partial charge in [-0.25, -0.2) is 13.9 Å². The minimum atomic E-state index is -3.55. The first-order valence-electron chi connectivity index (χ1n) is 10.0. The number of sulfonamides is 1. The van der Waals surface area contributed by atoms with Crippen LogP contribution in [0.1, 0.15) is 41.1 Å². The zero-order chi connectivity index (χ0) is 21.1. The van der Waals surface area contributed by atoms with Crippen LogP contribution in [-0.4, -0.2) is 36.9 Å². The topological polar surface area (TPSA) is 86.7 Å². The fourth-order valence-corrected chi connectivity index (χ4v) is 5.62. The summed E-state index contributed by atoms with van der Waals surface area (Å²) < 4.78 is 28.1. The van der Waals surface area contributed by atoms with Crippen molar-refractivity contribution in [2.24, 2.45) is 0 Å². The van der Waals surface area contributed by atoms with E-state index in [0.29, 0.717) is 23.5 Å². The molecule has 1 unspecified atom stereocenters. The van der Waals surface area contributed by atoms with E-state index in [1.807, 2.05) is 42.5 Å². The number of nitrogens with zero attached hydrogens (tertiary/aromatic N) is 1. The Morgan fingerprint density at radius 1 is 0.933 bits per heavy atom. The van der Waals surface area contributed by atoms with Gasteiger partial charge in [0.05, 0.1) is 4.90 Å². The molecule has 3 aromatic carbocycles. The van der Waals surface area contributed by atoms with E-state index in [0.717, 1.165) is 35.6 Å². The van der Waals surface area contributed by atoms with Crippen molar-refractivity contribution in [3.8, 4) is 0 Å². The van der Waals surface area contributed by atoms with Crippen LogP contribution in [0.2, 0.25) is 0 Å². The fourth-order valence-electron chi connectivity index (χ4n) is 4.09. The van der Waals surface area contributed by atoms with Crippen molar-refractivity contribution in [2.75, 3.05) is 13.1 Å². The molecule has 2 N–H and O–H groups in total. The van der Waals surface area contributed by atoms with E-state index in [2.05, 4.69) is 0 Å². The molecule has 1 aliphatic rings. The Kier molecular flexibility index (Phi) is 5.85. The van der Waals surface area contributed by atoms with Gasteiger partial charge in [-0.15, -0.1) is 0 Å². The molecule has 1 fully saturated rings. The molecule has 0 spiro atoms. The number of fused-ring (bicyclic) bond motifs is 1. The molecule has 3 aromatic rings. The summed E-state index contributed by atoms with van der Waals surface area (Å²) in [6.45, 7) is 0.954. The van der Waals surface area contributed by atoms with E-state index in [-0.39, 0.29) is 5.92 Å². The first kappa shape index (κ1) is 20.5. The number of carbonyl (C=O) groups excluding carboxylic acids is 1. The van der Waals surface area contributed by atoms with Gasteiger partial charge < -0.3 is 0 Å². The molecule has 0 aliphatic carbocycles. The Hall–Kier alpha value is -2.74. The first-order valence-corrected chi connectivity index (χ1v) is 11.5. The third-order valence-electron chi connectivity index (χ3n) is 5.79. The highest BCUT2D eigenvalue weighted by molar-refractivity contribution is 7.89. The highest BCUT2D eigenvalue weighted by atomic mass is 32.2. The Morgan fingerprint density at radius 2 is 1.67 bits per heavy atom. The Labute approximate surface area is 176 Å². The van der Waals surface area contributed by atoms with Crippen LogP contribution in [0, 0.1) is 0 Å². The summed E-state index contributed by atoms with van der Waals surface area (Å²) in [6, 6.07) is 20.1. The standard InChI is InChI=1S/C23H24N2O4S/c26-23(24-27)20-9-7-19(8-10-20)18-6-3-14-25(15-13-18)30(28,29)22-12-11-17-4-1-2-5-21(17)16-22/h1-2,4-5,7-12,16,18,27H,3,6,13-15H2,(H,24,26). The second-order valence-corrected chi connectivity index (χ2v) is 9.54. The highest BCUT2D eigenvalue weighted by Gasteiger charge is 2.28. The van der Waals surface area contributed by atoms with Crippen LogP contribution in [0.4, 0.5) is 0 Å². The van der Waals surface area contributed by atoms with Gasteiger partial charge in [0.25, 0.3) is 5.91 Å². The lowest BCUT2D eigenvalue weighted by Gasteiger charge is -2.21. The molecule has 0 aromatic heterocycles. The zero-order valence-corrected chi connectivity index (χ0v) is 17.3. The van der Waals surface area contributed by atoms with E-state index in [9.17, 15) is 13.2 Å². The molecule has 0 saturated carbocycles. The van der Waals surface area contributed by atoms with Crippen LogP contribution in [-0.2, 0) is 10.0 Å². The second kappa shape index (κ2) is 8.55. The average molecular weight is 425 g/mol. The largest absolute Gasteiger partial charge is 0.288 e. The lowest BCUT2D eigenvalue weighted by molar-refractivity contribution is 0.0706. The van der Waals surface area contributed by atoms with Gasteiger partial charge in [0.1, 0.15) is 0 Å². The molecule has 30 heavy (non-hydrogen) atoms. The number of amides is 1. The van der Waals surface area contributed by atoms with Crippen molar-refractivity contribution in [1.82, 2.24) is 9.79 Å². The average Bonchev–Trinajstić information content (AvgIpc) is 3.05. The molecule has 1 saturated heterocycles. The third-order valence-corrected chi connectivity index (χ3v) is 7.69. The smallest absolute Gasteiger partial charge is 0.274 e. The summed E-state index contributed by atoms with van der Waals surface area (Å²) in [7, 11) is -3.55. The molecule has 6 nitrogen and oxygen atoms in total. The lowest BCUT2D eigenvalue weighted by Crippen LogP contribution is -2.32. The minimum absolute atomic E-state index is 0.230. The van der Waals surface area contributed by atoms with Crippen LogP contribution < -0.4 is 5.48 Å². The maximum Gasteiger partial charge on any atom is 0.274 e. The Bertz CT molecular complexity index is 1160. The van der Waals surface area contributed by atoms with Gasteiger partial charge in [-0.3, -0.25) is 10.0 Å². The van der Waals surface area contributed by atoms with Gasteiger partial charge in [-0.2, -0.15) is 4.31 Å². The predicted octanol–water partition coefficient (Wildman–Crippen LogP) is 3.92. The van der Waals surface area contributed by atoms with Crippen LogP contribution in [0.15, 0.2) is 71.6 Å². The van der Waals surface area contributed by atoms with Crippen molar-refractivity contribution in [1.29, 1.82) is 0 Å². The van der Waals surface area contributed by atoms with Crippen LogP contribution in [0.25, 0.3) is 10.8 Å². The van der Waals surface area contributed by atoms with Crippen LogP contribution in [0.5, 0.6) is 0 Å². The van der Waals surface area contributed by atoms with Crippen molar-refractivity contribution >= 4 is 26.7 Å². The van der Waals surface area contributed by atoms with Crippen LogP contribution in [0.3, 0.4) is 0 Å². The van der Waals surface area contributed by atoms with Crippen molar-refractivity contribution in [3.63, 3.8) is 0 Å². The van der Waals surface area contributed by atoms with E-state index in [1.165, 1.54) is 0 Å². The number of hydrogen-bond donors (Lipinski definition) is 2. The predicted molar refractivity (Wildman–Crippen MR) is 115 cm³/mol. The summed E-state index contributed by atoms with van der Waals surface area (Å²) in [4.78, 5) is 11.8. The monoisotopic (exact) mass is 424 g/mol. The molecular weight excluding hydrogens is 400 g/mol. The summed E-state index contributed by atoms with van der Waals surface area (Å²) in [5.74, 6) is -0.317. The van der Waals surface area contributed by atoms with E-state index in [1.54, 1.807) is 34.1 Å². The molecule has 0 bridgehead atoms. The number of carbonyl (C=O) groups is 1. The molecule has 1 heterocycles. The van der Waals surface area contributed by atoms with E-state index >= 15 is 0 Å². The molecule has 1 aliphatic heterocycles. The minimum Gasteiger partial charge on any atom is -0.288 e. The summed E-state index contributed by atoms with van der Waals surface area (Å²) in [5, 5.41) is 10.7. The Balaban J connectivity index is 1.51. The Morgan fingerprint density at radius 3 is 2.40 bits per heavy atom. The number of hydrogen-bond acceptors (Lipinski definition) is 4. The van der Waals surface area contributed by atoms with Gasteiger partial charge in [-0.05, 0) is 65.8 Å². The lowest BCUT2D eigenvalue weighted by atomic mass is 9.91. The first-order chi connectivity index (χ1) is 14.5. The van der Waals surface area contributed by atoms with E-state index < -0.39 is 15.9 Å². The maximum atomic E-state index is 13.2. The molecule has 0 radical (unpaired) electrons. The molecule has 1 amide bonds. The van der Waals surface area contributed by atoms with Crippen LogP contribution >= 0.6 is 0 Å². The van der Waals surface area contributed by atoms with Gasteiger partial charge in [0, 0.05) is 18.7 Å². The third kappa shape index (κ3) is 4.09. The van der Waals surface area contributed by atoms with Gasteiger partial charge in [0.2, 0.25) is 10.0 Å². The molecule has 1 atom stereocenters. The number of rotatable bonds is 4. The summed E-state index contributed by atoms with van der Waals surface area (Å²) in [6.07, 6.45) is 2.38. The molecular formula is C23H24N2O4S. The number of benzene rings is 3. The fraction of sp³-hybridized carbons (Fsp3) is 0.261. The normalized spacial score (nSPS) is 18.1. The second-order valence-electron chi connectivity index (χ2n) is 7.60. The highest BCUT2D eigenvalue weighted by Crippen LogP contribution is 2.31. The SMILES string of the molecule is O=C(NO)c1ccc(C2CCCN(S(=O)(=O)c3ccc4ccccc4c3)CC2)cc1. The van der Waals surface area contributed by atoms with Gasteiger partial charge >= 0.3 is 0 Å². The van der Waals surface area contributed by atoms with Crippen molar-refractivity contribution in [3.05, 3.63) is 77.9 Å². The molecule has 4 rings (SSSR count). The number of hydroxylamine groups is 1.